The molecule has 0 unspecified atom stereocenters. The first-order chi connectivity index (χ1) is 14.5. The average Bonchev–Trinajstić information content (AvgIpc) is 2.74. The SMILES string of the molecule is O=C(COc1ccc(Br)cc1)NN=Cc1ccc(OC(=O)c2cccc(Br)c2)cc1. The van der Waals surface area contributed by atoms with E-state index < -0.39 is 5.97 Å². The number of nitrogens with one attached hydrogen (secondary N) is 1. The summed E-state index contributed by atoms with van der Waals surface area (Å²) < 4.78 is 12.4. The number of hydrogen-bond acceptors (Lipinski definition) is 5. The zero-order chi connectivity index (χ0) is 21.3. The maximum Gasteiger partial charge on any atom is 0.343 e. The Morgan fingerprint density at radius 1 is 0.900 bits per heavy atom. The van der Waals surface area contributed by atoms with Gasteiger partial charge in [0.1, 0.15) is 11.5 Å². The number of nitrogens with zero attached hydrogens (tertiary/aromatic N) is 1. The molecule has 30 heavy (non-hydrogen) atoms. The predicted molar refractivity (Wildman–Crippen MR) is 121 cm³/mol. The summed E-state index contributed by atoms with van der Waals surface area (Å²) in [5.74, 6) is 0.166. The monoisotopic (exact) mass is 530 g/mol. The minimum absolute atomic E-state index is 0.149. The molecular weight excluding hydrogens is 516 g/mol. The summed E-state index contributed by atoms with van der Waals surface area (Å²) in [6.07, 6.45) is 1.48. The summed E-state index contributed by atoms with van der Waals surface area (Å²) in [5.41, 5.74) is 3.57. The number of halogens is 2. The topological polar surface area (TPSA) is 77.0 Å². The molecule has 6 nitrogen and oxygen atoms in total. The maximum atomic E-state index is 12.1. The van der Waals surface area contributed by atoms with Gasteiger partial charge in [0, 0.05) is 8.95 Å². The lowest BCUT2D eigenvalue weighted by atomic mass is 10.2. The fourth-order valence-corrected chi connectivity index (χ4v) is 2.96. The van der Waals surface area contributed by atoms with Gasteiger partial charge in [-0.25, -0.2) is 10.2 Å². The Morgan fingerprint density at radius 2 is 1.60 bits per heavy atom. The standard InChI is InChI=1S/C22H16Br2N2O4/c23-17-6-10-19(11-7-17)29-14-21(27)26-25-13-15-4-8-20(9-5-15)30-22(28)16-2-1-3-18(24)12-16/h1-13H,14H2,(H,26,27). The second kappa shape index (κ2) is 10.7. The number of carbonyl (C=O) groups excluding carboxylic acids is 2. The second-order valence-electron chi connectivity index (χ2n) is 6.00. The molecule has 0 aliphatic heterocycles. The molecular formula is C22H16Br2N2O4. The fourth-order valence-electron chi connectivity index (χ4n) is 2.29. The van der Waals surface area contributed by atoms with Crippen LogP contribution in [0.5, 0.6) is 11.5 Å². The summed E-state index contributed by atoms with van der Waals surface area (Å²) in [5, 5.41) is 3.89. The van der Waals surface area contributed by atoms with E-state index in [2.05, 4.69) is 42.4 Å². The van der Waals surface area contributed by atoms with Crippen LogP contribution in [0.15, 0.2) is 86.8 Å². The van der Waals surface area contributed by atoms with Crippen LogP contribution in [0, 0.1) is 0 Å². The van der Waals surface area contributed by atoms with Gasteiger partial charge < -0.3 is 9.47 Å². The molecule has 0 atom stereocenters. The second-order valence-corrected chi connectivity index (χ2v) is 7.84. The molecule has 3 aromatic rings. The Morgan fingerprint density at radius 3 is 2.30 bits per heavy atom. The number of rotatable bonds is 7. The highest BCUT2D eigenvalue weighted by Crippen LogP contribution is 2.17. The van der Waals surface area contributed by atoms with Gasteiger partial charge >= 0.3 is 5.97 Å². The van der Waals surface area contributed by atoms with Gasteiger partial charge in [0.2, 0.25) is 0 Å². The van der Waals surface area contributed by atoms with Gasteiger partial charge in [-0.15, -0.1) is 0 Å². The molecule has 0 saturated carbocycles. The van der Waals surface area contributed by atoms with Crippen molar-refractivity contribution in [1.29, 1.82) is 0 Å². The Kier molecular flexibility index (Phi) is 7.75. The van der Waals surface area contributed by atoms with Gasteiger partial charge in [0.05, 0.1) is 11.8 Å². The van der Waals surface area contributed by atoms with Gasteiger partial charge in [-0.3, -0.25) is 4.79 Å². The lowest BCUT2D eigenvalue weighted by Crippen LogP contribution is -2.24. The average molecular weight is 532 g/mol. The largest absolute Gasteiger partial charge is 0.484 e. The molecule has 0 spiro atoms. The van der Waals surface area contributed by atoms with E-state index >= 15 is 0 Å². The highest BCUT2D eigenvalue weighted by Gasteiger charge is 2.08. The molecule has 0 saturated heterocycles. The quantitative estimate of drug-likeness (QED) is 0.202. The minimum atomic E-state index is -0.448. The first-order valence-electron chi connectivity index (χ1n) is 8.78. The van der Waals surface area contributed by atoms with E-state index in [9.17, 15) is 9.59 Å². The van der Waals surface area contributed by atoms with Crippen LogP contribution in [0.3, 0.4) is 0 Å². The molecule has 0 aliphatic carbocycles. The van der Waals surface area contributed by atoms with Crippen molar-refractivity contribution < 1.29 is 19.1 Å². The number of hydrazone groups is 1. The van der Waals surface area contributed by atoms with Gasteiger partial charge in [0.25, 0.3) is 5.91 Å². The molecule has 3 rings (SSSR count). The zero-order valence-corrected chi connectivity index (χ0v) is 18.7. The number of carbonyl (C=O) groups is 2. The summed E-state index contributed by atoms with van der Waals surface area (Å²) in [6.45, 7) is -0.149. The normalized spacial score (nSPS) is 10.6. The third-order valence-corrected chi connectivity index (χ3v) is 4.76. The molecule has 0 fully saturated rings. The molecule has 1 N–H and O–H groups in total. The van der Waals surface area contributed by atoms with Crippen LogP contribution in [0.1, 0.15) is 15.9 Å². The van der Waals surface area contributed by atoms with Crippen LogP contribution in [0.4, 0.5) is 0 Å². The molecule has 0 bridgehead atoms. The van der Waals surface area contributed by atoms with Crippen molar-refractivity contribution >= 4 is 50.0 Å². The molecule has 1 amide bonds. The van der Waals surface area contributed by atoms with E-state index in [0.717, 1.165) is 14.5 Å². The third kappa shape index (κ3) is 6.82. The van der Waals surface area contributed by atoms with E-state index in [1.807, 2.05) is 18.2 Å². The van der Waals surface area contributed by atoms with E-state index in [-0.39, 0.29) is 12.5 Å². The molecule has 0 aromatic heterocycles. The Hall–Kier alpha value is -2.97. The molecule has 3 aromatic carbocycles. The fraction of sp³-hybridized carbons (Fsp3) is 0.0455. The van der Waals surface area contributed by atoms with Crippen molar-refractivity contribution in [3.63, 3.8) is 0 Å². The van der Waals surface area contributed by atoms with E-state index in [4.69, 9.17) is 9.47 Å². The summed E-state index contributed by atoms with van der Waals surface area (Å²) in [4.78, 5) is 23.9. The molecule has 8 heteroatoms. The Bertz CT molecular complexity index is 1050. The van der Waals surface area contributed by atoms with Crippen molar-refractivity contribution in [2.75, 3.05) is 6.61 Å². The molecule has 0 radical (unpaired) electrons. The minimum Gasteiger partial charge on any atom is -0.484 e. The van der Waals surface area contributed by atoms with E-state index in [1.165, 1.54) is 6.21 Å². The Balaban J connectivity index is 1.46. The first-order valence-corrected chi connectivity index (χ1v) is 10.4. The lowest BCUT2D eigenvalue weighted by Gasteiger charge is -2.05. The highest BCUT2D eigenvalue weighted by molar-refractivity contribution is 9.10. The van der Waals surface area contributed by atoms with Crippen LogP contribution in [0.25, 0.3) is 0 Å². The summed E-state index contributed by atoms with van der Waals surface area (Å²) in [7, 11) is 0. The summed E-state index contributed by atoms with van der Waals surface area (Å²) in [6, 6.07) is 20.9. The molecule has 0 aliphatic rings. The van der Waals surface area contributed by atoms with Crippen LogP contribution >= 0.6 is 31.9 Å². The van der Waals surface area contributed by atoms with Crippen molar-refractivity contribution in [3.8, 4) is 11.5 Å². The van der Waals surface area contributed by atoms with Crippen LogP contribution in [-0.4, -0.2) is 24.7 Å². The van der Waals surface area contributed by atoms with Gasteiger partial charge in [0.15, 0.2) is 6.61 Å². The highest BCUT2D eigenvalue weighted by atomic mass is 79.9. The Labute approximate surface area is 190 Å². The summed E-state index contributed by atoms with van der Waals surface area (Å²) >= 11 is 6.65. The predicted octanol–water partition coefficient (Wildman–Crippen LogP) is 4.96. The van der Waals surface area contributed by atoms with Crippen molar-refractivity contribution in [3.05, 3.63) is 92.9 Å². The number of amides is 1. The van der Waals surface area contributed by atoms with Gasteiger partial charge in [-0.1, -0.05) is 37.9 Å². The van der Waals surface area contributed by atoms with Crippen molar-refractivity contribution in [1.82, 2.24) is 5.43 Å². The number of hydrogen-bond donors (Lipinski definition) is 1. The van der Waals surface area contributed by atoms with Gasteiger partial charge in [-0.05, 0) is 72.3 Å². The lowest BCUT2D eigenvalue weighted by molar-refractivity contribution is -0.123. The first kappa shape index (κ1) is 21.7. The van der Waals surface area contributed by atoms with Crippen molar-refractivity contribution in [2.45, 2.75) is 0 Å². The third-order valence-electron chi connectivity index (χ3n) is 3.74. The van der Waals surface area contributed by atoms with Crippen molar-refractivity contribution in [2.24, 2.45) is 5.10 Å². The maximum absolute atomic E-state index is 12.1. The molecule has 0 heterocycles. The number of benzene rings is 3. The zero-order valence-electron chi connectivity index (χ0n) is 15.5. The van der Waals surface area contributed by atoms with Crippen LogP contribution in [0.2, 0.25) is 0 Å². The smallest absolute Gasteiger partial charge is 0.343 e. The van der Waals surface area contributed by atoms with E-state index in [0.29, 0.717) is 17.1 Å². The van der Waals surface area contributed by atoms with Crippen LogP contribution in [-0.2, 0) is 4.79 Å². The van der Waals surface area contributed by atoms with Crippen LogP contribution < -0.4 is 14.9 Å². The number of ether oxygens (including phenoxy) is 2. The number of esters is 1. The van der Waals surface area contributed by atoms with E-state index in [1.54, 1.807) is 54.6 Å². The molecule has 152 valence electrons. The van der Waals surface area contributed by atoms with Gasteiger partial charge in [-0.2, -0.15) is 5.10 Å².